The number of rotatable bonds is 11. The Labute approximate surface area is 210 Å². The van der Waals surface area contributed by atoms with Gasteiger partial charge in [-0.05, 0) is 47.4 Å². The molecule has 0 amide bonds. The number of sulfonamides is 1. The van der Waals surface area contributed by atoms with Gasteiger partial charge < -0.3 is 0 Å². The maximum Gasteiger partial charge on any atom is 0.250 e. The van der Waals surface area contributed by atoms with Crippen LogP contribution in [0.4, 0.5) is 0 Å². The van der Waals surface area contributed by atoms with E-state index in [4.69, 9.17) is 11.6 Å². The zero-order chi connectivity index (χ0) is 23.8. The lowest BCUT2D eigenvalue weighted by molar-refractivity contribution is 0.577. The van der Waals surface area contributed by atoms with Gasteiger partial charge in [-0.15, -0.1) is 11.3 Å². The van der Waals surface area contributed by atoms with Crippen LogP contribution in [0.1, 0.15) is 33.9 Å². The van der Waals surface area contributed by atoms with Crippen molar-refractivity contribution in [1.82, 2.24) is 10.0 Å². The van der Waals surface area contributed by atoms with Crippen molar-refractivity contribution in [2.45, 2.75) is 29.6 Å². The second-order valence-electron chi connectivity index (χ2n) is 7.95. The number of benzene rings is 3. The lowest BCUT2D eigenvalue weighted by Crippen LogP contribution is -2.25. The van der Waals surface area contributed by atoms with Crippen molar-refractivity contribution in [3.05, 3.63) is 124 Å². The Kier molecular flexibility index (Phi) is 8.53. The molecular formula is C27H26ClN2O2S2. The van der Waals surface area contributed by atoms with Crippen molar-refractivity contribution in [2.75, 3.05) is 6.54 Å². The van der Waals surface area contributed by atoms with Gasteiger partial charge in [-0.25, -0.2) is 18.5 Å². The molecule has 4 nitrogen and oxygen atoms in total. The van der Waals surface area contributed by atoms with Gasteiger partial charge in [-0.3, -0.25) is 0 Å². The number of halogens is 1. The highest BCUT2D eigenvalue weighted by atomic mass is 35.5. The molecular weight excluding hydrogens is 484 g/mol. The van der Waals surface area contributed by atoms with Gasteiger partial charge in [0.2, 0.25) is 10.0 Å². The summed E-state index contributed by atoms with van der Waals surface area (Å²) in [5, 5.41) is 5.22. The summed E-state index contributed by atoms with van der Waals surface area (Å²) in [6.45, 7) is 1.36. The predicted octanol–water partition coefficient (Wildman–Crippen LogP) is 6.21. The van der Waals surface area contributed by atoms with E-state index in [9.17, 15) is 8.42 Å². The fourth-order valence-electron chi connectivity index (χ4n) is 3.82. The number of hydrogen-bond acceptors (Lipinski definition) is 3. The van der Waals surface area contributed by atoms with E-state index in [0.717, 1.165) is 10.4 Å². The third kappa shape index (κ3) is 6.78. The van der Waals surface area contributed by atoms with E-state index in [2.05, 4.69) is 34.3 Å². The van der Waals surface area contributed by atoms with Crippen molar-refractivity contribution < 1.29 is 8.42 Å². The zero-order valence-corrected chi connectivity index (χ0v) is 21.0. The molecule has 0 unspecified atom stereocenters. The third-order valence-corrected chi connectivity index (χ3v) is 8.74. The molecule has 7 heteroatoms. The Morgan fingerprint density at radius 2 is 1.50 bits per heavy atom. The zero-order valence-electron chi connectivity index (χ0n) is 18.6. The van der Waals surface area contributed by atoms with Crippen molar-refractivity contribution >= 4 is 33.0 Å². The average Bonchev–Trinajstić information content (AvgIpc) is 3.33. The van der Waals surface area contributed by atoms with E-state index in [1.807, 2.05) is 66.7 Å². The van der Waals surface area contributed by atoms with Crippen LogP contribution in [-0.2, 0) is 23.1 Å². The van der Waals surface area contributed by atoms with Crippen LogP contribution in [0, 0.1) is 0 Å². The summed E-state index contributed by atoms with van der Waals surface area (Å²) in [7, 11) is -3.57. The first-order valence-corrected chi connectivity index (χ1v) is 13.7. The fourth-order valence-corrected chi connectivity index (χ4v) is 6.44. The molecule has 175 valence electrons. The van der Waals surface area contributed by atoms with Gasteiger partial charge in [-0.2, -0.15) is 0 Å². The minimum Gasteiger partial charge on any atom is -0.231 e. The Hall–Kier alpha value is -2.48. The van der Waals surface area contributed by atoms with Crippen molar-refractivity contribution in [1.29, 1.82) is 0 Å². The van der Waals surface area contributed by atoms with Crippen LogP contribution in [-0.4, -0.2) is 15.0 Å². The van der Waals surface area contributed by atoms with Crippen molar-refractivity contribution in [3.8, 4) is 0 Å². The lowest BCUT2D eigenvalue weighted by atomic mass is 9.89. The molecule has 1 N–H and O–H groups in total. The monoisotopic (exact) mass is 509 g/mol. The second kappa shape index (κ2) is 11.8. The van der Waals surface area contributed by atoms with E-state index in [1.54, 1.807) is 6.07 Å². The summed E-state index contributed by atoms with van der Waals surface area (Å²) < 4.78 is 28.9. The van der Waals surface area contributed by atoms with Gasteiger partial charge in [0.25, 0.3) is 0 Å². The van der Waals surface area contributed by atoms with Crippen molar-refractivity contribution in [3.63, 3.8) is 0 Å². The molecule has 0 bridgehead atoms. The van der Waals surface area contributed by atoms with Crippen molar-refractivity contribution in [2.24, 2.45) is 0 Å². The predicted molar refractivity (Wildman–Crippen MR) is 140 cm³/mol. The summed E-state index contributed by atoms with van der Waals surface area (Å²) in [6, 6.07) is 31.5. The molecule has 0 aliphatic carbocycles. The standard InChI is InChI=1S/C27H26ClN2O2S2/c28-24-13-7-8-21(18-24)19-29-20-25-14-15-27(33-25)34(31,32)30-17-16-26(22-9-3-1-4-10-22)23-11-5-2-6-12-23/h1-15,18,26,30H,16-17,19-20H2. The van der Waals surface area contributed by atoms with Gasteiger partial charge >= 0.3 is 0 Å². The first-order valence-electron chi connectivity index (χ1n) is 11.1. The SMILES string of the molecule is O=S(=O)(NCCC(c1ccccc1)c1ccccc1)c1ccc(C[N]Cc2cccc(Cl)c2)s1. The molecule has 34 heavy (non-hydrogen) atoms. The van der Waals surface area contributed by atoms with E-state index < -0.39 is 10.0 Å². The van der Waals surface area contributed by atoms with Gasteiger partial charge in [0.1, 0.15) is 4.21 Å². The molecule has 4 aromatic rings. The first kappa shape index (κ1) is 24.6. The molecule has 0 fully saturated rings. The highest BCUT2D eigenvalue weighted by molar-refractivity contribution is 7.91. The average molecular weight is 510 g/mol. The molecule has 3 aromatic carbocycles. The smallest absolute Gasteiger partial charge is 0.231 e. The Bertz CT molecular complexity index is 1250. The van der Waals surface area contributed by atoms with Gasteiger partial charge in [0.05, 0.1) is 0 Å². The van der Waals surface area contributed by atoms with Gasteiger partial charge in [-0.1, -0.05) is 84.4 Å². The Morgan fingerprint density at radius 3 is 2.15 bits per heavy atom. The van der Waals surface area contributed by atoms with E-state index in [1.165, 1.54) is 22.5 Å². The Morgan fingerprint density at radius 1 is 0.824 bits per heavy atom. The molecule has 0 saturated carbocycles. The summed E-state index contributed by atoms with van der Waals surface area (Å²) in [5.74, 6) is 0.120. The first-order chi connectivity index (χ1) is 16.5. The molecule has 0 aliphatic heterocycles. The van der Waals surface area contributed by atoms with Crippen LogP contribution >= 0.6 is 22.9 Å². The molecule has 1 heterocycles. The minimum absolute atomic E-state index is 0.120. The Balaban J connectivity index is 1.34. The second-order valence-corrected chi connectivity index (χ2v) is 11.5. The molecule has 0 aliphatic rings. The maximum absolute atomic E-state index is 12.9. The summed E-state index contributed by atoms with van der Waals surface area (Å²) >= 11 is 7.27. The van der Waals surface area contributed by atoms with Crippen LogP contribution in [0.5, 0.6) is 0 Å². The maximum atomic E-state index is 12.9. The van der Waals surface area contributed by atoms with Crippen LogP contribution in [0.25, 0.3) is 0 Å². The number of nitrogens with one attached hydrogen (secondary N) is 1. The summed E-state index contributed by atoms with van der Waals surface area (Å²) in [4.78, 5) is 0.911. The van der Waals surface area contributed by atoms with Crippen LogP contribution < -0.4 is 10.0 Å². The number of hydrogen-bond donors (Lipinski definition) is 1. The normalized spacial score (nSPS) is 11.7. The highest BCUT2D eigenvalue weighted by Crippen LogP contribution is 2.28. The molecule has 1 aromatic heterocycles. The minimum atomic E-state index is -3.57. The molecule has 0 atom stereocenters. The van der Waals surface area contributed by atoms with Crippen LogP contribution in [0.15, 0.2) is 101 Å². The van der Waals surface area contributed by atoms with Crippen LogP contribution in [0.3, 0.4) is 0 Å². The molecule has 4 rings (SSSR count). The highest BCUT2D eigenvalue weighted by Gasteiger charge is 2.19. The fraction of sp³-hybridized carbons (Fsp3) is 0.185. The number of thiophene rings is 1. The molecule has 0 spiro atoms. The summed E-state index contributed by atoms with van der Waals surface area (Å²) in [5.41, 5.74) is 3.38. The van der Waals surface area contributed by atoms with Gasteiger partial charge in [0, 0.05) is 35.5 Å². The molecule has 1 radical (unpaired) electrons. The van der Waals surface area contributed by atoms with E-state index in [-0.39, 0.29) is 5.92 Å². The van der Waals surface area contributed by atoms with Crippen LogP contribution in [0.2, 0.25) is 5.02 Å². The topological polar surface area (TPSA) is 60.3 Å². The van der Waals surface area contributed by atoms with E-state index in [0.29, 0.717) is 35.3 Å². The van der Waals surface area contributed by atoms with Gasteiger partial charge in [0.15, 0.2) is 0 Å². The summed E-state index contributed by atoms with van der Waals surface area (Å²) in [6.07, 6.45) is 0.667. The number of nitrogens with zero attached hydrogens (tertiary/aromatic N) is 1. The van der Waals surface area contributed by atoms with E-state index >= 15 is 0 Å². The quantitative estimate of drug-likeness (QED) is 0.261. The largest absolute Gasteiger partial charge is 0.250 e. The third-order valence-electron chi connectivity index (χ3n) is 5.48. The molecule has 0 saturated heterocycles. The lowest BCUT2D eigenvalue weighted by Gasteiger charge is -2.18.